The third-order valence-corrected chi connectivity index (χ3v) is 6.60. The molecule has 0 bridgehead atoms. The predicted molar refractivity (Wildman–Crippen MR) is 129 cm³/mol. The fourth-order valence-electron chi connectivity index (χ4n) is 3.97. The molecule has 2 aromatic heterocycles. The molecule has 1 aromatic carbocycles. The Morgan fingerprint density at radius 2 is 2.09 bits per heavy atom. The molecule has 0 radical (unpaired) electrons. The molecule has 176 valence electrons. The lowest BCUT2D eigenvalue weighted by Crippen LogP contribution is -2.25. The number of nitrogens with one attached hydrogen (secondary N) is 1. The average Bonchev–Trinajstić information content (AvgIpc) is 3.58. The van der Waals surface area contributed by atoms with E-state index in [4.69, 9.17) is 19.2 Å². The number of benzene rings is 1. The summed E-state index contributed by atoms with van der Waals surface area (Å²) in [5, 5.41) is 5.92. The van der Waals surface area contributed by atoms with Crippen molar-refractivity contribution in [3.63, 3.8) is 0 Å². The molecule has 1 unspecified atom stereocenters. The molecule has 3 aromatic rings. The second kappa shape index (κ2) is 10.9. The molecule has 1 atom stereocenters. The van der Waals surface area contributed by atoms with Gasteiger partial charge in [0.15, 0.2) is 0 Å². The highest BCUT2D eigenvalue weighted by molar-refractivity contribution is 7.09. The van der Waals surface area contributed by atoms with Gasteiger partial charge in [-0.3, -0.25) is 4.79 Å². The average molecular weight is 470 g/mol. The zero-order chi connectivity index (χ0) is 23.2. The summed E-state index contributed by atoms with van der Waals surface area (Å²) in [5.74, 6) is 1.51. The molecule has 8 heteroatoms. The van der Waals surface area contributed by atoms with E-state index in [-0.39, 0.29) is 12.1 Å². The minimum absolute atomic E-state index is 0.0442. The Bertz CT molecular complexity index is 1070. The van der Waals surface area contributed by atoms with Crippen molar-refractivity contribution in [2.24, 2.45) is 0 Å². The Morgan fingerprint density at radius 1 is 1.30 bits per heavy atom. The highest BCUT2D eigenvalue weighted by Crippen LogP contribution is 2.35. The second-order valence-electron chi connectivity index (χ2n) is 8.07. The number of amides is 1. The van der Waals surface area contributed by atoms with E-state index in [1.165, 1.54) is 0 Å². The molecule has 1 aliphatic heterocycles. The van der Waals surface area contributed by atoms with Crippen molar-refractivity contribution >= 4 is 17.2 Å². The van der Waals surface area contributed by atoms with Gasteiger partial charge in [-0.1, -0.05) is 13.3 Å². The minimum atomic E-state index is -0.0714. The van der Waals surface area contributed by atoms with Crippen LogP contribution in [-0.4, -0.2) is 35.7 Å². The summed E-state index contributed by atoms with van der Waals surface area (Å²) < 4.78 is 19.2. The standard InChI is InChI=1S/C25H31N3O4S/c1-4-5-12-26-25(29)20-14-22(28(17(20)2)24-7-6-13-31-24)21-16-33-23(27-21)15-32-19-10-8-18(30-3)9-11-19/h8-11,14,16,24H,4-7,12-13,15H2,1-3H3,(H,26,29). The van der Waals surface area contributed by atoms with E-state index in [1.807, 2.05) is 42.6 Å². The number of nitrogens with zero attached hydrogens (tertiary/aromatic N) is 2. The Balaban J connectivity index is 1.55. The van der Waals surface area contributed by atoms with Crippen molar-refractivity contribution < 1.29 is 19.0 Å². The van der Waals surface area contributed by atoms with Gasteiger partial charge < -0.3 is 24.1 Å². The Hall–Kier alpha value is -2.84. The van der Waals surface area contributed by atoms with Gasteiger partial charge in [0.2, 0.25) is 0 Å². The van der Waals surface area contributed by atoms with Crippen LogP contribution in [-0.2, 0) is 11.3 Å². The molecule has 0 spiro atoms. The number of hydrogen-bond donors (Lipinski definition) is 1. The molecule has 1 saturated heterocycles. The van der Waals surface area contributed by atoms with Crippen molar-refractivity contribution in [2.45, 2.75) is 52.4 Å². The van der Waals surface area contributed by atoms with Crippen molar-refractivity contribution in [3.05, 3.63) is 52.0 Å². The van der Waals surface area contributed by atoms with E-state index >= 15 is 0 Å². The van der Waals surface area contributed by atoms with Crippen molar-refractivity contribution in [1.29, 1.82) is 0 Å². The van der Waals surface area contributed by atoms with Gasteiger partial charge in [0.05, 0.1) is 24.1 Å². The number of aromatic nitrogens is 2. The highest BCUT2D eigenvalue weighted by Gasteiger charge is 2.27. The SMILES string of the molecule is CCCCNC(=O)c1cc(-c2csc(COc3ccc(OC)cc3)n2)n(C2CCCO2)c1C. The lowest BCUT2D eigenvalue weighted by Gasteiger charge is -2.17. The number of thiazole rings is 1. The Kier molecular flexibility index (Phi) is 7.67. The van der Waals surface area contributed by atoms with Crippen LogP contribution in [0.5, 0.6) is 11.5 Å². The molecule has 1 fully saturated rings. The largest absolute Gasteiger partial charge is 0.497 e. The minimum Gasteiger partial charge on any atom is -0.497 e. The number of hydrogen-bond acceptors (Lipinski definition) is 6. The number of unbranched alkanes of at least 4 members (excludes halogenated alkanes) is 1. The van der Waals surface area contributed by atoms with Crippen LogP contribution in [0.1, 0.15) is 59.9 Å². The van der Waals surface area contributed by atoms with Gasteiger partial charge in [0, 0.05) is 24.2 Å². The number of ether oxygens (including phenoxy) is 3. The van der Waals surface area contributed by atoms with Gasteiger partial charge in [-0.2, -0.15) is 0 Å². The topological polar surface area (TPSA) is 74.6 Å². The van der Waals surface area contributed by atoms with Crippen LogP contribution in [0, 0.1) is 6.92 Å². The smallest absolute Gasteiger partial charge is 0.253 e. The summed E-state index contributed by atoms with van der Waals surface area (Å²) in [6.07, 6.45) is 3.88. The van der Waals surface area contributed by atoms with E-state index < -0.39 is 0 Å². The third kappa shape index (κ3) is 5.39. The van der Waals surface area contributed by atoms with Crippen LogP contribution in [0.4, 0.5) is 0 Å². The monoisotopic (exact) mass is 469 g/mol. The van der Waals surface area contributed by atoms with Crippen LogP contribution >= 0.6 is 11.3 Å². The summed E-state index contributed by atoms with van der Waals surface area (Å²) in [4.78, 5) is 17.7. The molecule has 33 heavy (non-hydrogen) atoms. The first-order chi connectivity index (χ1) is 16.1. The fourth-order valence-corrected chi connectivity index (χ4v) is 4.67. The first-order valence-electron chi connectivity index (χ1n) is 11.4. The molecule has 3 heterocycles. The first-order valence-corrected chi connectivity index (χ1v) is 12.3. The van der Waals surface area contributed by atoms with Gasteiger partial charge in [-0.25, -0.2) is 4.98 Å². The molecule has 1 N–H and O–H groups in total. The van der Waals surface area contributed by atoms with Gasteiger partial charge >= 0.3 is 0 Å². The molecule has 0 aliphatic carbocycles. The first kappa shape index (κ1) is 23.3. The Labute approximate surface area is 198 Å². The van der Waals surface area contributed by atoms with E-state index in [0.717, 1.165) is 65.9 Å². The molecular weight excluding hydrogens is 438 g/mol. The van der Waals surface area contributed by atoms with E-state index in [2.05, 4.69) is 16.8 Å². The van der Waals surface area contributed by atoms with Gasteiger partial charge in [-0.05, 0) is 56.5 Å². The van der Waals surface area contributed by atoms with Crippen LogP contribution < -0.4 is 14.8 Å². The zero-order valence-corrected chi connectivity index (χ0v) is 20.2. The van der Waals surface area contributed by atoms with Crippen LogP contribution in [0.15, 0.2) is 35.7 Å². The second-order valence-corrected chi connectivity index (χ2v) is 9.01. The van der Waals surface area contributed by atoms with Crippen LogP contribution in [0.3, 0.4) is 0 Å². The van der Waals surface area contributed by atoms with Gasteiger partial charge in [0.25, 0.3) is 5.91 Å². The summed E-state index contributed by atoms with van der Waals surface area (Å²) >= 11 is 1.55. The molecule has 1 aliphatic rings. The number of rotatable bonds is 10. The van der Waals surface area contributed by atoms with Crippen LogP contribution in [0.2, 0.25) is 0 Å². The Morgan fingerprint density at radius 3 is 2.79 bits per heavy atom. The van der Waals surface area contributed by atoms with E-state index in [0.29, 0.717) is 18.7 Å². The van der Waals surface area contributed by atoms with Crippen LogP contribution in [0.25, 0.3) is 11.4 Å². The molecule has 1 amide bonds. The van der Waals surface area contributed by atoms with Gasteiger partial charge in [-0.15, -0.1) is 11.3 Å². The maximum Gasteiger partial charge on any atom is 0.253 e. The normalized spacial score (nSPS) is 15.5. The number of methoxy groups -OCH3 is 1. The predicted octanol–water partition coefficient (Wildman–Crippen LogP) is 5.35. The molecule has 7 nitrogen and oxygen atoms in total. The highest BCUT2D eigenvalue weighted by atomic mass is 32.1. The number of carbonyl (C=O) groups is 1. The maximum atomic E-state index is 12.9. The molecule has 4 rings (SSSR count). The van der Waals surface area contributed by atoms with Crippen molar-refractivity contribution in [1.82, 2.24) is 14.9 Å². The maximum absolute atomic E-state index is 12.9. The summed E-state index contributed by atoms with van der Waals surface area (Å²) in [6, 6.07) is 9.44. The molecular formula is C25H31N3O4S. The third-order valence-electron chi connectivity index (χ3n) is 5.78. The van der Waals surface area contributed by atoms with Gasteiger partial charge in [0.1, 0.15) is 29.3 Å². The summed E-state index contributed by atoms with van der Waals surface area (Å²) in [7, 11) is 1.64. The zero-order valence-electron chi connectivity index (χ0n) is 19.4. The summed E-state index contributed by atoms with van der Waals surface area (Å²) in [6.45, 7) is 5.89. The quantitative estimate of drug-likeness (QED) is 0.405. The van der Waals surface area contributed by atoms with E-state index in [9.17, 15) is 4.79 Å². The fraction of sp³-hybridized carbons (Fsp3) is 0.440. The lowest BCUT2D eigenvalue weighted by atomic mass is 10.2. The number of carbonyl (C=O) groups excluding carboxylic acids is 1. The van der Waals surface area contributed by atoms with E-state index in [1.54, 1.807) is 18.4 Å². The lowest BCUT2D eigenvalue weighted by molar-refractivity contribution is 0.0565. The molecule has 0 saturated carbocycles. The van der Waals surface area contributed by atoms with Crippen molar-refractivity contribution in [2.75, 3.05) is 20.3 Å². The summed E-state index contributed by atoms with van der Waals surface area (Å²) in [5.41, 5.74) is 3.34. The van der Waals surface area contributed by atoms with Crippen molar-refractivity contribution in [3.8, 4) is 22.9 Å².